The molecule has 1 aliphatic carbocycles. The van der Waals surface area contributed by atoms with Crippen molar-refractivity contribution in [2.45, 2.75) is 69.9 Å². The number of nitrogens with zero attached hydrogens (tertiary/aromatic N) is 1. The standard InChI is InChI=1S/C22H33N3O3.HI/c1-3-23-21(24-15-9-6-12-20(26)27-2)25-18-16-22(13-7-8-14-22)28-19-11-5-4-10-17(18)19;/h4-5,10-11,18H,3,6-9,12-16H2,1-2H3,(H2,23,24,25);1H. The van der Waals surface area contributed by atoms with Crippen molar-refractivity contribution >= 4 is 35.9 Å². The van der Waals surface area contributed by atoms with Gasteiger partial charge < -0.3 is 20.1 Å². The van der Waals surface area contributed by atoms with Crippen molar-refractivity contribution in [1.29, 1.82) is 0 Å². The highest BCUT2D eigenvalue weighted by Crippen LogP contribution is 2.46. The Labute approximate surface area is 191 Å². The third-order valence-electron chi connectivity index (χ3n) is 5.65. The summed E-state index contributed by atoms with van der Waals surface area (Å²) in [5.41, 5.74) is 1.17. The number of carbonyl (C=O) groups excluding carboxylic acids is 1. The highest BCUT2D eigenvalue weighted by atomic mass is 127. The van der Waals surface area contributed by atoms with E-state index in [1.807, 2.05) is 6.07 Å². The smallest absolute Gasteiger partial charge is 0.305 e. The van der Waals surface area contributed by atoms with Crippen LogP contribution < -0.4 is 15.4 Å². The Balaban J connectivity index is 0.00000300. The van der Waals surface area contributed by atoms with Crippen molar-refractivity contribution in [1.82, 2.24) is 10.6 Å². The Hall–Kier alpha value is -1.51. The number of esters is 1. The summed E-state index contributed by atoms with van der Waals surface area (Å²) in [6.07, 6.45) is 7.80. The van der Waals surface area contributed by atoms with Gasteiger partial charge in [-0.05, 0) is 51.5 Å². The first-order valence-electron chi connectivity index (χ1n) is 10.6. The van der Waals surface area contributed by atoms with E-state index in [2.05, 4.69) is 40.5 Å². The molecule has 1 fully saturated rings. The third-order valence-corrected chi connectivity index (χ3v) is 5.65. The summed E-state index contributed by atoms with van der Waals surface area (Å²) in [4.78, 5) is 15.9. The van der Waals surface area contributed by atoms with Crippen LogP contribution in [0.2, 0.25) is 0 Å². The molecule has 2 N–H and O–H groups in total. The summed E-state index contributed by atoms with van der Waals surface area (Å²) in [6, 6.07) is 8.54. The molecule has 0 saturated heterocycles. The van der Waals surface area contributed by atoms with Gasteiger partial charge >= 0.3 is 5.97 Å². The minimum atomic E-state index is -0.158. The van der Waals surface area contributed by atoms with Crippen LogP contribution in [0.25, 0.3) is 0 Å². The largest absolute Gasteiger partial charge is 0.487 e. The number of aliphatic imine (C=N–C) groups is 1. The van der Waals surface area contributed by atoms with E-state index in [1.54, 1.807) is 0 Å². The number of nitrogens with one attached hydrogen (secondary N) is 2. The molecule has 1 atom stereocenters. The number of benzene rings is 1. The van der Waals surface area contributed by atoms with Gasteiger partial charge in [0.2, 0.25) is 0 Å². The summed E-state index contributed by atoms with van der Waals surface area (Å²) < 4.78 is 11.1. The number of rotatable bonds is 7. The zero-order valence-corrected chi connectivity index (χ0v) is 19.9. The van der Waals surface area contributed by atoms with Crippen molar-refractivity contribution in [3.8, 4) is 5.75 Å². The van der Waals surface area contributed by atoms with Crippen molar-refractivity contribution in [2.75, 3.05) is 20.2 Å². The number of fused-ring (bicyclic) bond motifs is 1. The second-order valence-corrected chi connectivity index (χ2v) is 7.72. The van der Waals surface area contributed by atoms with Crippen LogP contribution in [0.5, 0.6) is 5.75 Å². The molecule has 1 aromatic rings. The van der Waals surface area contributed by atoms with Gasteiger partial charge in [0.1, 0.15) is 11.4 Å². The average molecular weight is 515 g/mol. The SMILES string of the molecule is CCNC(=NCCCCC(=O)OC)NC1CC2(CCCC2)Oc2ccccc21.I. The topological polar surface area (TPSA) is 72.0 Å². The van der Waals surface area contributed by atoms with Gasteiger partial charge in [-0.2, -0.15) is 0 Å². The van der Waals surface area contributed by atoms with Crippen LogP contribution in [0.3, 0.4) is 0 Å². The predicted octanol–water partition coefficient (Wildman–Crippen LogP) is 4.34. The molecule has 6 nitrogen and oxygen atoms in total. The van der Waals surface area contributed by atoms with Crippen LogP contribution in [-0.2, 0) is 9.53 Å². The Morgan fingerprint density at radius 1 is 1.28 bits per heavy atom. The van der Waals surface area contributed by atoms with E-state index in [-0.39, 0.29) is 41.6 Å². The minimum Gasteiger partial charge on any atom is -0.487 e. The lowest BCUT2D eigenvalue weighted by molar-refractivity contribution is -0.140. The fourth-order valence-electron chi connectivity index (χ4n) is 4.23. The number of hydrogen-bond donors (Lipinski definition) is 2. The van der Waals surface area contributed by atoms with Gasteiger partial charge in [0, 0.05) is 31.5 Å². The first-order valence-corrected chi connectivity index (χ1v) is 10.6. The zero-order chi connectivity index (χ0) is 19.8. The molecule has 1 unspecified atom stereocenters. The van der Waals surface area contributed by atoms with Crippen LogP contribution >= 0.6 is 24.0 Å². The Morgan fingerprint density at radius 2 is 2.03 bits per heavy atom. The van der Waals surface area contributed by atoms with E-state index in [0.29, 0.717) is 13.0 Å². The van der Waals surface area contributed by atoms with Gasteiger partial charge in [-0.3, -0.25) is 9.79 Å². The number of unbranched alkanes of at least 4 members (excludes halogenated alkanes) is 1. The van der Waals surface area contributed by atoms with Gasteiger partial charge in [0.05, 0.1) is 13.2 Å². The van der Waals surface area contributed by atoms with Gasteiger partial charge in [-0.15, -0.1) is 24.0 Å². The normalized spacial score (nSPS) is 19.7. The fourth-order valence-corrected chi connectivity index (χ4v) is 4.23. The number of methoxy groups -OCH3 is 1. The maximum atomic E-state index is 11.2. The molecule has 1 aromatic carbocycles. The third kappa shape index (κ3) is 6.49. The van der Waals surface area contributed by atoms with Crippen LogP contribution in [0, 0.1) is 0 Å². The van der Waals surface area contributed by atoms with Gasteiger partial charge in [-0.1, -0.05) is 18.2 Å². The molecule has 2 aliphatic rings. The number of para-hydroxylation sites is 1. The van der Waals surface area contributed by atoms with Crippen LogP contribution in [0.4, 0.5) is 0 Å². The molecule has 3 rings (SSSR count). The Bertz CT molecular complexity index is 690. The highest BCUT2D eigenvalue weighted by Gasteiger charge is 2.43. The molecule has 0 amide bonds. The summed E-state index contributed by atoms with van der Waals surface area (Å²) in [7, 11) is 1.43. The van der Waals surface area contributed by atoms with Crippen LogP contribution in [0.15, 0.2) is 29.3 Å². The van der Waals surface area contributed by atoms with E-state index in [0.717, 1.165) is 50.4 Å². The average Bonchev–Trinajstić information content (AvgIpc) is 3.14. The van der Waals surface area contributed by atoms with E-state index in [1.165, 1.54) is 25.5 Å². The molecule has 7 heteroatoms. The zero-order valence-electron chi connectivity index (χ0n) is 17.5. The molecule has 1 heterocycles. The van der Waals surface area contributed by atoms with Crippen LogP contribution in [0.1, 0.15) is 69.9 Å². The predicted molar refractivity (Wildman–Crippen MR) is 126 cm³/mol. The second kappa shape index (κ2) is 11.6. The number of carbonyl (C=O) groups is 1. The number of hydrogen-bond acceptors (Lipinski definition) is 4. The molecule has 162 valence electrons. The summed E-state index contributed by atoms with van der Waals surface area (Å²) >= 11 is 0. The molecule has 1 aliphatic heterocycles. The second-order valence-electron chi connectivity index (χ2n) is 7.72. The molecule has 1 saturated carbocycles. The molecule has 29 heavy (non-hydrogen) atoms. The quantitative estimate of drug-likeness (QED) is 0.186. The Morgan fingerprint density at radius 3 is 2.76 bits per heavy atom. The highest BCUT2D eigenvalue weighted by molar-refractivity contribution is 14.0. The monoisotopic (exact) mass is 515 g/mol. The van der Waals surface area contributed by atoms with Gasteiger partial charge in [0.15, 0.2) is 5.96 Å². The molecular weight excluding hydrogens is 481 g/mol. The molecule has 0 bridgehead atoms. The lowest BCUT2D eigenvalue weighted by Crippen LogP contribution is -2.46. The Kier molecular flexibility index (Phi) is 9.52. The van der Waals surface area contributed by atoms with E-state index < -0.39 is 0 Å². The number of halogens is 1. The summed E-state index contributed by atoms with van der Waals surface area (Å²) in [5, 5.41) is 7.00. The minimum absolute atomic E-state index is 0. The van der Waals surface area contributed by atoms with E-state index in [9.17, 15) is 4.79 Å². The summed E-state index contributed by atoms with van der Waals surface area (Å²) in [5.74, 6) is 1.67. The molecule has 0 radical (unpaired) electrons. The maximum absolute atomic E-state index is 11.2. The fraction of sp³-hybridized carbons (Fsp3) is 0.636. The van der Waals surface area contributed by atoms with Crippen molar-refractivity contribution in [3.63, 3.8) is 0 Å². The van der Waals surface area contributed by atoms with E-state index >= 15 is 0 Å². The first-order chi connectivity index (χ1) is 13.7. The molecular formula is C22H34IN3O3. The summed E-state index contributed by atoms with van der Waals surface area (Å²) in [6.45, 7) is 3.57. The number of ether oxygens (including phenoxy) is 2. The maximum Gasteiger partial charge on any atom is 0.305 e. The first kappa shape index (κ1) is 23.8. The van der Waals surface area contributed by atoms with Crippen molar-refractivity contribution in [3.05, 3.63) is 29.8 Å². The lowest BCUT2D eigenvalue weighted by atomic mass is 9.86. The number of guanidine groups is 1. The molecule has 0 aromatic heterocycles. The van der Waals surface area contributed by atoms with E-state index in [4.69, 9.17) is 9.73 Å². The van der Waals surface area contributed by atoms with Crippen molar-refractivity contribution < 1.29 is 14.3 Å². The molecule has 1 spiro atoms. The van der Waals surface area contributed by atoms with Gasteiger partial charge in [-0.25, -0.2) is 0 Å². The van der Waals surface area contributed by atoms with Gasteiger partial charge in [0.25, 0.3) is 0 Å². The van der Waals surface area contributed by atoms with Crippen molar-refractivity contribution in [2.24, 2.45) is 4.99 Å². The lowest BCUT2D eigenvalue weighted by Gasteiger charge is -2.40. The van der Waals surface area contributed by atoms with Crippen LogP contribution in [-0.4, -0.2) is 37.7 Å².